The standard InChI is InChI=1S/C18H20F3N3O3/c19-18(20,21)17(27)13-8-4-5-9-14(13)23-24(17)16(26)15(25)22-11-10-12-6-2-1-3-7-12/h1-3,6-7,13,27H,4-5,8-11H2,(H,22,25)/t13-,17+/m1/s1. The molecule has 3 rings (SSSR count). The number of nitrogens with zero attached hydrogens (tertiary/aromatic N) is 2. The zero-order valence-electron chi connectivity index (χ0n) is 14.5. The van der Waals surface area contributed by atoms with Crippen molar-refractivity contribution in [2.75, 3.05) is 6.54 Å². The summed E-state index contributed by atoms with van der Waals surface area (Å²) in [5.41, 5.74) is -2.45. The molecular weight excluding hydrogens is 363 g/mol. The first-order valence-corrected chi connectivity index (χ1v) is 8.78. The van der Waals surface area contributed by atoms with Gasteiger partial charge in [0.25, 0.3) is 5.72 Å². The van der Waals surface area contributed by atoms with Crippen LogP contribution in [-0.4, -0.2) is 46.1 Å². The quantitative estimate of drug-likeness (QED) is 0.784. The van der Waals surface area contributed by atoms with E-state index in [2.05, 4.69) is 10.4 Å². The number of nitrogens with one attached hydrogen (secondary N) is 1. The number of carbonyl (C=O) groups is 2. The molecule has 0 radical (unpaired) electrons. The molecule has 1 aromatic carbocycles. The van der Waals surface area contributed by atoms with Crippen LogP contribution in [0.3, 0.4) is 0 Å². The highest BCUT2D eigenvalue weighted by Gasteiger charge is 2.68. The first-order chi connectivity index (χ1) is 12.7. The predicted octanol–water partition coefficient (Wildman–Crippen LogP) is 1.98. The summed E-state index contributed by atoms with van der Waals surface area (Å²) in [6.07, 6.45) is -3.25. The Morgan fingerprint density at radius 2 is 1.96 bits per heavy atom. The Kier molecular flexibility index (Phi) is 5.23. The molecule has 1 aliphatic heterocycles. The molecule has 2 aliphatic rings. The van der Waals surface area contributed by atoms with Crippen LogP contribution in [0.1, 0.15) is 31.2 Å². The summed E-state index contributed by atoms with van der Waals surface area (Å²) in [7, 11) is 0. The first-order valence-electron chi connectivity index (χ1n) is 8.78. The summed E-state index contributed by atoms with van der Waals surface area (Å²) >= 11 is 0. The fourth-order valence-corrected chi connectivity index (χ4v) is 3.56. The lowest BCUT2D eigenvalue weighted by Gasteiger charge is -2.37. The molecule has 2 amide bonds. The van der Waals surface area contributed by atoms with E-state index in [1.54, 1.807) is 0 Å². The van der Waals surface area contributed by atoms with Crippen molar-refractivity contribution in [3.8, 4) is 0 Å². The Bertz CT molecular complexity index is 751. The van der Waals surface area contributed by atoms with Crippen molar-refractivity contribution < 1.29 is 27.9 Å². The molecule has 0 unspecified atom stereocenters. The number of halogens is 3. The summed E-state index contributed by atoms with van der Waals surface area (Å²) in [4.78, 5) is 24.4. The van der Waals surface area contributed by atoms with Crippen LogP contribution in [0.15, 0.2) is 35.4 Å². The van der Waals surface area contributed by atoms with Crippen LogP contribution in [0.4, 0.5) is 13.2 Å². The predicted molar refractivity (Wildman–Crippen MR) is 90.4 cm³/mol. The number of hydrazone groups is 1. The van der Waals surface area contributed by atoms with Gasteiger partial charge in [0.2, 0.25) is 0 Å². The fraction of sp³-hybridized carbons (Fsp3) is 0.500. The lowest BCUT2D eigenvalue weighted by Crippen LogP contribution is -2.63. The summed E-state index contributed by atoms with van der Waals surface area (Å²) in [5.74, 6) is -4.06. The third-order valence-electron chi connectivity index (χ3n) is 4.96. The van der Waals surface area contributed by atoms with Crippen molar-refractivity contribution in [1.29, 1.82) is 0 Å². The zero-order valence-corrected chi connectivity index (χ0v) is 14.5. The third kappa shape index (κ3) is 3.55. The van der Waals surface area contributed by atoms with Crippen molar-refractivity contribution in [2.24, 2.45) is 11.0 Å². The molecule has 1 aromatic rings. The average Bonchev–Trinajstić information content (AvgIpc) is 2.96. The number of benzene rings is 1. The normalized spacial score (nSPS) is 25.0. The molecule has 1 aliphatic carbocycles. The maximum atomic E-state index is 13.6. The van der Waals surface area contributed by atoms with Gasteiger partial charge in [-0.1, -0.05) is 36.8 Å². The van der Waals surface area contributed by atoms with Crippen LogP contribution < -0.4 is 5.32 Å². The molecule has 2 atom stereocenters. The van der Waals surface area contributed by atoms with E-state index >= 15 is 0 Å². The Morgan fingerprint density at radius 3 is 2.63 bits per heavy atom. The Balaban J connectivity index is 1.71. The molecule has 146 valence electrons. The van der Waals surface area contributed by atoms with Gasteiger partial charge in [-0.3, -0.25) is 9.59 Å². The molecule has 1 saturated carbocycles. The molecule has 2 N–H and O–H groups in total. The van der Waals surface area contributed by atoms with Crippen molar-refractivity contribution in [1.82, 2.24) is 10.3 Å². The van der Waals surface area contributed by atoms with Crippen LogP contribution in [0.25, 0.3) is 0 Å². The number of carbonyl (C=O) groups excluding carboxylic acids is 2. The fourth-order valence-electron chi connectivity index (χ4n) is 3.56. The minimum Gasteiger partial charge on any atom is -0.362 e. The Morgan fingerprint density at radius 1 is 1.26 bits per heavy atom. The van der Waals surface area contributed by atoms with E-state index in [-0.39, 0.29) is 30.1 Å². The molecule has 1 heterocycles. The maximum Gasteiger partial charge on any atom is 0.439 e. The van der Waals surface area contributed by atoms with Gasteiger partial charge in [-0.25, -0.2) is 0 Å². The van der Waals surface area contributed by atoms with Gasteiger partial charge in [0.15, 0.2) is 0 Å². The SMILES string of the molecule is O=C(NCCc1ccccc1)C(=O)N1N=C2CCCC[C@H]2[C@]1(O)C(F)(F)F. The molecule has 27 heavy (non-hydrogen) atoms. The number of fused-ring (bicyclic) bond motifs is 1. The summed E-state index contributed by atoms with van der Waals surface area (Å²) in [6, 6.07) is 9.11. The molecule has 0 saturated heterocycles. The largest absolute Gasteiger partial charge is 0.439 e. The number of aliphatic hydroxyl groups is 1. The Hall–Kier alpha value is -2.42. The summed E-state index contributed by atoms with van der Waals surface area (Å²) in [5, 5.41) is 16.3. The molecule has 9 heteroatoms. The van der Waals surface area contributed by atoms with Gasteiger partial charge in [-0.05, 0) is 31.2 Å². The van der Waals surface area contributed by atoms with E-state index < -0.39 is 29.6 Å². The highest BCUT2D eigenvalue weighted by atomic mass is 19.4. The smallest absolute Gasteiger partial charge is 0.362 e. The second kappa shape index (κ2) is 7.30. The van der Waals surface area contributed by atoms with E-state index in [9.17, 15) is 27.9 Å². The lowest BCUT2D eigenvalue weighted by atomic mass is 9.80. The van der Waals surface area contributed by atoms with Crippen LogP contribution in [-0.2, 0) is 16.0 Å². The minimum absolute atomic E-state index is 0.0637. The summed E-state index contributed by atoms with van der Waals surface area (Å²) < 4.78 is 40.8. The number of rotatable bonds is 3. The van der Waals surface area contributed by atoms with Gasteiger partial charge in [0.1, 0.15) is 0 Å². The van der Waals surface area contributed by atoms with Gasteiger partial charge < -0.3 is 10.4 Å². The maximum absolute atomic E-state index is 13.6. The van der Waals surface area contributed by atoms with E-state index in [4.69, 9.17) is 0 Å². The molecule has 1 fully saturated rings. The van der Waals surface area contributed by atoms with Gasteiger partial charge in [0.05, 0.1) is 5.92 Å². The molecule has 0 aromatic heterocycles. The van der Waals surface area contributed by atoms with Crippen molar-refractivity contribution in [3.05, 3.63) is 35.9 Å². The van der Waals surface area contributed by atoms with Crippen molar-refractivity contribution in [2.45, 2.75) is 44.0 Å². The molecular formula is C18H20F3N3O3. The number of hydrogen-bond acceptors (Lipinski definition) is 4. The van der Waals surface area contributed by atoms with Crippen LogP contribution in [0, 0.1) is 5.92 Å². The van der Waals surface area contributed by atoms with E-state index in [0.717, 1.165) is 5.56 Å². The van der Waals surface area contributed by atoms with Gasteiger partial charge >= 0.3 is 18.0 Å². The lowest BCUT2D eigenvalue weighted by molar-refractivity contribution is -0.316. The van der Waals surface area contributed by atoms with Crippen LogP contribution in [0.2, 0.25) is 0 Å². The van der Waals surface area contributed by atoms with E-state index in [1.165, 1.54) is 0 Å². The number of hydrogen-bond donors (Lipinski definition) is 2. The molecule has 0 bridgehead atoms. The monoisotopic (exact) mass is 383 g/mol. The third-order valence-corrected chi connectivity index (χ3v) is 4.96. The van der Waals surface area contributed by atoms with Gasteiger partial charge in [-0.15, -0.1) is 0 Å². The van der Waals surface area contributed by atoms with E-state index in [0.29, 0.717) is 19.3 Å². The highest BCUT2D eigenvalue weighted by molar-refractivity contribution is 6.35. The van der Waals surface area contributed by atoms with Crippen LogP contribution in [0.5, 0.6) is 0 Å². The van der Waals surface area contributed by atoms with Crippen molar-refractivity contribution in [3.63, 3.8) is 0 Å². The van der Waals surface area contributed by atoms with Gasteiger partial charge in [0, 0.05) is 12.3 Å². The second-order valence-electron chi connectivity index (χ2n) is 6.72. The number of amides is 2. The first kappa shape index (κ1) is 19.3. The van der Waals surface area contributed by atoms with Crippen molar-refractivity contribution >= 4 is 17.5 Å². The van der Waals surface area contributed by atoms with Gasteiger partial charge in [-0.2, -0.15) is 23.3 Å². The van der Waals surface area contributed by atoms with E-state index in [1.807, 2.05) is 30.3 Å². The topological polar surface area (TPSA) is 82.0 Å². The highest BCUT2D eigenvalue weighted by Crippen LogP contribution is 2.48. The minimum atomic E-state index is -5.12. The summed E-state index contributed by atoms with van der Waals surface area (Å²) in [6.45, 7) is 0.0763. The van der Waals surface area contributed by atoms with Crippen LogP contribution >= 0.6 is 0 Å². The molecule has 0 spiro atoms. The average molecular weight is 383 g/mol. The number of alkyl halides is 3. The second-order valence-corrected chi connectivity index (χ2v) is 6.72. The zero-order chi connectivity index (χ0) is 19.7. The Labute approximate surface area is 154 Å². The molecule has 6 nitrogen and oxygen atoms in total.